The van der Waals surface area contributed by atoms with E-state index in [1.54, 1.807) is 61.7 Å². The predicted molar refractivity (Wildman–Crippen MR) is 142 cm³/mol. The molecule has 0 radical (unpaired) electrons. The van der Waals surface area contributed by atoms with Crippen molar-refractivity contribution >= 4 is 41.0 Å². The Hall–Kier alpha value is -4.68. The first-order valence-corrected chi connectivity index (χ1v) is 11.7. The van der Waals surface area contributed by atoms with Gasteiger partial charge in [-0.05, 0) is 54.7 Å². The lowest BCUT2D eigenvalue weighted by Crippen LogP contribution is -2.35. The van der Waals surface area contributed by atoms with Crippen molar-refractivity contribution < 1.29 is 23.8 Å². The van der Waals surface area contributed by atoms with E-state index in [4.69, 9.17) is 26.4 Å². The minimum Gasteiger partial charge on any atom is -0.497 e. The van der Waals surface area contributed by atoms with E-state index < -0.39 is 11.9 Å². The molecular weight excluding hydrogens is 490 g/mol. The van der Waals surface area contributed by atoms with Crippen molar-refractivity contribution in [3.63, 3.8) is 0 Å². The second-order valence-electron chi connectivity index (χ2n) is 7.91. The van der Waals surface area contributed by atoms with E-state index >= 15 is 0 Å². The van der Waals surface area contributed by atoms with Crippen molar-refractivity contribution in [2.45, 2.75) is 6.61 Å². The maximum atomic E-state index is 13.6. The van der Waals surface area contributed by atoms with E-state index in [1.807, 2.05) is 24.3 Å². The van der Waals surface area contributed by atoms with Crippen LogP contribution in [0.15, 0.2) is 78.5 Å². The van der Waals surface area contributed by atoms with Gasteiger partial charge in [0, 0.05) is 11.1 Å². The van der Waals surface area contributed by atoms with Crippen molar-refractivity contribution in [3.8, 4) is 17.6 Å². The second-order valence-corrected chi connectivity index (χ2v) is 8.27. The molecule has 0 aromatic heterocycles. The molecule has 1 aliphatic rings. The van der Waals surface area contributed by atoms with Gasteiger partial charge in [-0.25, -0.2) is 0 Å². The van der Waals surface area contributed by atoms with Crippen molar-refractivity contribution in [2.24, 2.45) is 0 Å². The van der Waals surface area contributed by atoms with Gasteiger partial charge in [0.25, 0.3) is 5.91 Å². The molecule has 3 aromatic rings. The molecule has 0 saturated carbocycles. The van der Waals surface area contributed by atoms with Crippen LogP contribution in [-0.2, 0) is 20.9 Å². The number of anilines is 1. The first kappa shape index (κ1) is 25.4. The van der Waals surface area contributed by atoms with Gasteiger partial charge in [-0.15, -0.1) is 0 Å². The molecule has 3 aromatic carbocycles. The Morgan fingerprint density at radius 3 is 2.43 bits per heavy atom. The molecule has 37 heavy (non-hydrogen) atoms. The summed E-state index contributed by atoms with van der Waals surface area (Å²) in [5, 5.41) is 9.51. The van der Waals surface area contributed by atoms with Crippen LogP contribution in [0.3, 0.4) is 0 Å². The zero-order chi connectivity index (χ0) is 26.4. The van der Waals surface area contributed by atoms with Crippen molar-refractivity contribution in [3.05, 3.63) is 95.2 Å². The summed E-state index contributed by atoms with van der Waals surface area (Å²) in [7, 11) is 2.83. The van der Waals surface area contributed by atoms with Gasteiger partial charge in [-0.2, -0.15) is 5.26 Å². The van der Waals surface area contributed by atoms with Crippen molar-refractivity contribution in [1.82, 2.24) is 4.90 Å². The van der Waals surface area contributed by atoms with Crippen LogP contribution >= 0.6 is 12.2 Å². The molecule has 1 amide bonds. The van der Waals surface area contributed by atoms with E-state index in [-0.39, 0.29) is 24.0 Å². The quantitative estimate of drug-likeness (QED) is 0.250. The Balaban J connectivity index is 1.69. The minimum atomic E-state index is -0.546. The summed E-state index contributed by atoms with van der Waals surface area (Å²) in [5.41, 5.74) is 2.60. The number of hydrogen-bond acceptors (Lipinski definition) is 7. The summed E-state index contributed by atoms with van der Waals surface area (Å²) in [4.78, 5) is 28.6. The molecule has 186 valence electrons. The molecular formula is C28H23N3O5S. The van der Waals surface area contributed by atoms with Gasteiger partial charge in [0.05, 0.1) is 31.5 Å². The lowest BCUT2D eigenvalue weighted by Gasteiger charge is -2.19. The number of carbonyl (C=O) groups is 2. The number of carbonyl (C=O) groups excluding carboxylic acids is 2. The molecule has 0 atom stereocenters. The highest BCUT2D eigenvalue weighted by atomic mass is 32.1. The first-order chi connectivity index (χ1) is 18.0. The normalized spacial score (nSPS) is 14.0. The highest BCUT2D eigenvalue weighted by Crippen LogP contribution is 2.32. The third kappa shape index (κ3) is 5.44. The Labute approximate surface area is 219 Å². The second kappa shape index (κ2) is 11.4. The van der Waals surface area contributed by atoms with Gasteiger partial charge in [-0.3, -0.25) is 14.5 Å². The SMILES string of the molecule is COC(=O)CN1C(=S)N(c2ccc(OC)cc2)C(=O)C1=Cc1ccccc1OCc1ccccc1C#N. The van der Waals surface area contributed by atoms with E-state index in [0.29, 0.717) is 28.3 Å². The highest BCUT2D eigenvalue weighted by molar-refractivity contribution is 7.80. The maximum absolute atomic E-state index is 13.6. The number of benzene rings is 3. The summed E-state index contributed by atoms with van der Waals surface area (Å²) < 4.78 is 16.1. The average Bonchev–Trinajstić information content (AvgIpc) is 3.16. The van der Waals surface area contributed by atoms with Crippen LogP contribution < -0.4 is 14.4 Å². The number of methoxy groups -OCH3 is 2. The summed E-state index contributed by atoms with van der Waals surface area (Å²) in [6.07, 6.45) is 1.63. The van der Waals surface area contributed by atoms with Gasteiger partial charge >= 0.3 is 5.97 Å². The largest absolute Gasteiger partial charge is 0.497 e. The Morgan fingerprint density at radius 2 is 1.73 bits per heavy atom. The van der Waals surface area contributed by atoms with Crippen molar-refractivity contribution in [2.75, 3.05) is 25.7 Å². The standard InChI is InChI=1S/C28H23N3O5S/c1-34-23-13-11-22(12-14-23)31-27(33)24(30(28(31)37)17-26(32)35-2)15-19-7-5-6-10-25(19)36-18-21-9-4-3-8-20(21)16-29/h3-15H,17-18H2,1-2H3. The number of hydrogen-bond donors (Lipinski definition) is 0. The summed E-state index contributed by atoms with van der Waals surface area (Å²) in [5.74, 6) is 0.189. The number of nitriles is 1. The zero-order valence-corrected chi connectivity index (χ0v) is 21.0. The monoisotopic (exact) mass is 513 g/mol. The molecule has 1 aliphatic heterocycles. The van der Waals surface area contributed by atoms with Crippen LogP contribution in [0.25, 0.3) is 6.08 Å². The van der Waals surface area contributed by atoms with Crippen LogP contribution in [-0.4, -0.2) is 42.7 Å². The number of nitrogens with zero attached hydrogens (tertiary/aromatic N) is 3. The third-order valence-electron chi connectivity index (χ3n) is 5.71. The topological polar surface area (TPSA) is 92.1 Å². The lowest BCUT2D eigenvalue weighted by atomic mass is 10.1. The van der Waals surface area contributed by atoms with Gasteiger partial charge in [0.15, 0.2) is 5.11 Å². The predicted octanol–water partition coefficient (Wildman–Crippen LogP) is 4.29. The molecule has 0 bridgehead atoms. The summed E-state index contributed by atoms with van der Waals surface area (Å²) in [6.45, 7) is -0.0712. The van der Waals surface area contributed by atoms with E-state index in [0.717, 1.165) is 5.56 Å². The van der Waals surface area contributed by atoms with Gasteiger partial charge in [-0.1, -0.05) is 36.4 Å². The van der Waals surface area contributed by atoms with Crippen LogP contribution in [0.1, 0.15) is 16.7 Å². The molecule has 1 saturated heterocycles. The smallest absolute Gasteiger partial charge is 0.325 e. The van der Waals surface area contributed by atoms with Crippen LogP contribution in [0.5, 0.6) is 11.5 Å². The molecule has 1 fully saturated rings. The number of thiocarbonyl (C=S) groups is 1. The van der Waals surface area contributed by atoms with E-state index in [1.165, 1.54) is 16.9 Å². The fraction of sp³-hybridized carbons (Fsp3) is 0.143. The summed E-state index contributed by atoms with van der Waals surface area (Å²) in [6, 6.07) is 23.4. The van der Waals surface area contributed by atoms with Gasteiger partial charge in [0.2, 0.25) is 0 Å². The third-order valence-corrected chi connectivity index (χ3v) is 6.12. The van der Waals surface area contributed by atoms with Crippen LogP contribution in [0.2, 0.25) is 0 Å². The van der Waals surface area contributed by atoms with Gasteiger partial charge < -0.3 is 19.1 Å². The number of amides is 1. The molecule has 0 N–H and O–H groups in total. The van der Waals surface area contributed by atoms with Gasteiger partial charge in [0.1, 0.15) is 30.3 Å². The number of ether oxygens (including phenoxy) is 3. The van der Waals surface area contributed by atoms with Crippen LogP contribution in [0.4, 0.5) is 5.69 Å². The van der Waals surface area contributed by atoms with E-state index in [2.05, 4.69) is 6.07 Å². The number of esters is 1. The Kier molecular flexibility index (Phi) is 7.81. The maximum Gasteiger partial charge on any atom is 0.325 e. The fourth-order valence-corrected chi connectivity index (χ4v) is 4.13. The van der Waals surface area contributed by atoms with Crippen LogP contribution in [0, 0.1) is 11.3 Å². The Bertz CT molecular complexity index is 1410. The summed E-state index contributed by atoms with van der Waals surface area (Å²) >= 11 is 5.61. The molecule has 9 heteroatoms. The number of rotatable bonds is 8. The molecule has 0 spiro atoms. The molecule has 0 aliphatic carbocycles. The number of para-hydroxylation sites is 1. The minimum absolute atomic E-state index is 0.146. The van der Waals surface area contributed by atoms with Crippen molar-refractivity contribution in [1.29, 1.82) is 5.26 Å². The first-order valence-electron chi connectivity index (χ1n) is 11.2. The molecule has 0 unspecified atom stereocenters. The molecule has 1 heterocycles. The molecule has 4 rings (SSSR count). The van der Waals surface area contributed by atoms with E-state index in [9.17, 15) is 14.9 Å². The fourth-order valence-electron chi connectivity index (χ4n) is 3.77. The molecule has 8 nitrogen and oxygen atoms in total. The highest BCUT2D eigenvalue weighted by Gasteiger charge is 2.40. The Morgan fingerprint density at radius 1 is 1.03 bits per heavy atom. The lowest BCUT2D eigenvalue weighted by molar-refractivity contribution is -0.140. The zero-order valence-electron chi connectivity index (χ0n) is 20.2. The average molecular weight is 514 g/mol.